The lowest BCUT2D eigenvalue weighted by atomic mass is 10.2. The Labute approximate surface area is 79.2 Å². The highest BCUT2D eigenvalue weighted by Gasteiger charge is 2.18. The quantitative estimate of drug-likeness (QED) is 0.710. The third-order valence-electron chi connectivity index (χ3n) is 2.61. The van der Waals surface area contributed by atoms with Crippen LogP contribution in [0.15, 0.2) is 6.20 Å². The fourth-order valence-corrected chi connectivity index (χ4v) is 1.97. The van der Waals surface area contributed by atoms with Crippen LogP contribution in [0.25, 0.3) is 0 Å². The lowest BCUT2D eigenvalue weighted by Crippen LogP contribution is -2.21. The molecule has 1 N–H and O–H groups in total. The standard InChI is InChI=1S/C10H17N3/c1-3-9-10-12-8(2)7-13(10)6-4-5-11-9/h7,9,11H,3-6H2,1-2H3. The Morgan fingerprint density at radius 3 is 3.31 bits per heavy atom. The van der Waals surface area contributed by atoms with Gasteiger partial charge in [-0.3, -0.25) is 0 Å². The molecule has 3 nitrogen and oxygen atoms in total. The molecule has 0 radical (unpaired) electrons. The molecule has 13 heavy (non-hydrogen) atoms. The van der Waals surface area contributed by atoms with Gasteiger partial charge in [0.05, 0.1) is 11.7 Å². The first-order valence-corrected chi connectivity index (χ1v) is 5.08. The topological polar surface area (TPSA) is 29.9 Å². The molecule has 1 aliphatic rings. The van der Waals surface area contributed by atoms with Crippen molar-refractivity contribution in [2.75, 3.05) is 6.54 Å². The molecular weight excluding hydrogens is 162 g/mol. The zero-order valence-electron chi connectivity index (χ0n) is 8.38. The Morgan fingerprint density at radius 2 is 2.54 bits per heavy atom. The molecule has 0 spiro atoms. The van der Waals surface area contributed by atoms with Crippen molar-refractivity contribution in [3.8, 4) is 0 Å². The highest BCUT2D eigenvalue weighted by Crippen LogP contribution is 2.18. The van der Waals surface area contributed by atoms with Crippen LogP contribution in [0.2, 0.25) is 0 Å². The van der Waals surface area contributed by atoms with Gasteiger partial charge >= 0.3 is 0 Å². The van der Waals surface area contributed by atoms with Gasteiger partial charge in [-0.1, -0.05) is 6.92 Å². The van der Waals surface area contributed by atoms with Crippen LogP contribution < -0.4 is 5.32 Å². The minimum absolute atomic E-state index is 0.455. The molecule has 0 saturated carbocycles. The molecular formula is C10H17N3. The minimum Gasteiger partial charge on any atom is -0.333 e. The van der Waals surface area contributed by atoms with Crippen molar-refractivity contribution >= 4 is 0 Å². The van der Waals surface area contributed by atoms with E-state index in [9.17, 15) is 0 Å². The summed E-state index contributed by atoms with van der Waals surface area (Å²) in [6.45, 7) is 6.49. The lowest BCUT2D eigenvalue weighted by molar-refractivity contribution is 0.514. The molecule has 0 aromatic carbocycles. The molecule has 1 aromatic rings. The van der Waals surface area contributed by atoms with Crippen LogP contribution in [0.3, 0.4) is 0 Å². The first-order valence-electron chi connectivity index (χ1n) is 5.08. The number of nitrogens with zero attached hydrogens (tertiary/aromatic N) is 2. The Balaban J connectivity index is 2.34. The van der Waals surface area contributed by atoms with Crippen molar-refractivity contribution in [1.82, 2.24) is 14.9 Å². The van der Waals surface area contributed by atoms with Crippen LogP contribution in [0.5, 0.6) is 0 Å². The van der Waals surface area contributed by atoms with Crippen molar-refractivity contribution in [3.05, 3.63) is 17.7 Å². The van der Waals surface area contributed by atoms with Crippen molar-refractivity contribution in [2.24, 2.45) is 0 Å². The Morgan fingerprint density at radius 1 is 1.69 bits per heavy atom. The number of hydrogen-bond donors (Lipinski definition) is 1. The molecule has 0 aliphatic carbocycles. The zero-order chi connectivity index (χ0) is 9.26. The van der Waals surface area contributed by atoms with E-state index in [1.54, 1.807) is 0 Å². The Bertz CT molecular complexity index is 290. The number of hydrogen-bond acceptors (Lipinski definition) is 2. The summed E-state index contributed by atoms with van der Waals surface area (Å²) < 4.78 is 2.30. The lowest BCUT2D eigenvalue weighted by Gasteiger charge is -2.12. The molecule has 0 fully saturated rings. The maximum Gasteiger partial charge on any atom is 0.126 e. The van der Waals surface area contributed by atoms with Gasteiger partial charge in [-0.05, 0) is 26.3 Å². The second-order valence-electron chi connectivity index (χ2n) is 3.70. The summed E-state index contributed by atoms with van der Waals surface area (Å²) >= 11 is 0. The maximum absolute atomic E-state index is 4.56. The number of fused-ring (bicyclic) bond motifs is 1. The van der Waals surface area contributed by atoms with Gasteiger partial charge in [0.1, 0.15) is 5.82 Å². The van der Waals surface area contributed by atoms with Gasteiger partial charge in [-0.15, -0.1) is 0 Å². The monoisotopic (exact) mass is 179 g/mol. The van der Waals surface area contributed by atoms with Crippen LogP contribution >= 0.6 is 0 Å². The van der Waals surface area contributed by atoms with E-state index in [1.165, 1.54) is 12.2 Å². The molecule has 2 rings (SSSR count). The number of nitrogens with one attached hydrogen (secondary N) is 1. The first kappa shape index (κ1) is 8.75. The summed E-state index contributed by atoms with van der Waals surface area (Å²) in [6, 6.07) is 0.455. The molecule has 2 heterocycles. The summed E-state index contributed by atoms with van der Waals surface area (Å²) in [5.74, 6) is 1.22. The fourth-order valence-electron chi connectivity index (χ4n) is 1.97. The van der Waals surface area contributed by atoms with Crippen LogP contribution in [-0.2, 0) is 6.54 Å². The van der Waals surface area contributed by atoms with Gasteiger partial charge in [-0.2, -0.15) is 0 Å². The Kier molecular flexibility index (Phi) is 2.36. The van der Waals surface area contributed by atoms with E-state index in [4.69, 9.17) is 0 Å². The predicted molar refractivity (Wildman–Crippen MR) is 52.6 cm³/mol. The van der Waals surface area contributed by atoms with E-state index in [1.807, 2.05) is 0 Å². The number of rotatable bonds is 1. The smallest absolute Gasteiger partial charge is 0.126 e. The van der Waals surface area contributed by atoms with Gasteiger partial charge < -0.3 is 9.88 Å². The van der Waals surface area contributed by atoms with Crippen LogP contribution in [0.1, 0.15) is 37.3 Å². The second-order valence-corrected chi connectivity index (χ2v) is 3.70. The van der Waals surface area contributed by atoms with E-state index in [0.717, 1.165) is 25.2 Å². The van der Waals surface area contributed by atoms with E-state index < -0.39 is 0 Å². The number of imidazole rings is 1. The summed E-state index contributed by atoms with van der Waals surface area (Å²) in [7, 11) is 0. The fraction of sp³-hybridized carbons (Fsp3) is 0.700. The largest absolute Gasteiger partial charge is 0.333 e. The summed E-state index contributed by atoms with van der Waals surface area (Å²) in [5.41, 5.74) is 1.14. The average molecular weight is 179 g/mol. The predicted octanol–water partition coefficient (Wildman–Crippen LogP) is 1.64. The van der Waals surface area contributed by atoms with Gasteiger partial charge in [0.15, 0.2) is 0 Å². The normalized spacial score (nSPS) is 22.5. The molecule has 1 aromatic heterocycles. The van der Waals surface area contributed by atoms with Crippen molar-refractivity contribution in [1.29, 1.82) is 0 Å². The molecule has 0 saturated heterocycles. The summed E-state index contributed by atoms with van der Waals surface area (Å²) in [4.78, 5) is 4.56. The molecule has 72 valence electrons. The Hall–Kier alpha value is -0.830. The van der Waals surface area contributed by atoms with Crippen LogP contribution in [-0.4, -0.2) is 16.1 Å². The third kappa shape index (κ3) is 1.61. The minimum atomic E-state index is 0.455. The van der Waals surface area contributed by atoms with Crippen molar-refractivity contribution in [2.45, 2.75) is 39.3 Å². The van der Waals surface area contributed by atoms with E-state index in [0.29, 0.717) is 6.04 Å². The number of aryl methyl sites for hydroxylation is 2. The van der Waals surface area contributed by atoms with Crippen LogP contribution in [0.4, 0.5) is 0 Å². The van der Waals surface area contributed by atoms with Gasteiger partial charge in [0, 0.05) is 12.7 Å². The molecule has 1 atom stereocenters. The van der Waals surface area contributed by atoms with Gasteiger partial charge in [0.2, 0.25) is 0 Å². The highest BCUT2D eigenvalue weighted by atomic mass is 15.1. The SMILES string of the molecule is CCC1NCCCn2cc(C)nc21. The summed E-state index contributed by atoms with van der Waals surface area (Å²) in [5, 5.41) is 3.52. The second kappa shape index (κ2) is 3.50. The van der Waals surface area contributed by atoms with Gasteiger partial charge in [0.25, 0.3) is 0 Å². The zero-order valence-corrected chi connectivity index (χ0v) is 8.38. The van der Waals surface area contributed by atoms with E-state index in [2.05, 4.69) is 34.9 Å². The summed E-state index contributed by atoms with van der Waals surface area (Å²) in [6.07, 6.45) is 4.49. The molecule has 1 aliphatic heterocycles. The number of aromatic nitrogens is 2. The van der Waals surface area contributed by atoms with E-state index >= 15 is 0 Å². The molecule has 0 amide bonds. The van der Waals surface area contributed by atoms with Gasteiger partial charge in [-0.25, -0.2) is 4.98 Å². The first-order chi connectivity index (χ1) is 6.31. The van der Waals surface area contributed by atoms with E-state index in [-0.39, 0.29) is 0 Å². The molecule has 1 unspecified atom stereocenters. The van der Waals surface area contributed by atoms with Crippen molar-refractivity contribution in [3.63, 3.8) is 0 Å². The maximum atomic E-state index is 4.56. The van der Waals surface area contributed by atoms with Crippen molar-refractivity contribution < 1.29 is 0 Å². The molecule has 3 heteroatoms. The van der Waals surface area contributed by atoms with Crippen LogP contribution in [0, 0.1) is 6.92 Å². The average Bonchev–Trinajstić information content (AvgIpc) is 2.37. The highest BCUT2D eigenvalue weighted by molar-refractivity contribution is 5.07. The molecule has 0 bridgehead atoms. The third-order valence-corrected chi connectivity index (χ3v) is 2.61.